The number of aryl methyl sites for hydroxylation is 1. The van der Waals surface area contributed by atoms with Gasteiger partial charge in [-0.15, -0.1) is 12.8 Å². The highest BCUT2D eigenvalue weighted by Gasteiger charge is 2.11. The van der Waals surface area contributed by atoms with Gasteiger partial charge in [-0.2, -0.15) is 0 Å². The average molecular weight is 409 g/mol. The van der Waals surface area contributed by atoms with Crippen LogP contribution in [0, 0.1) is 12.8 Å². The number of nitrogens with one attached hydrogen (secondary N) is 1. The maximum Gasteiger partial charge on any atom is 0.161 e. The number of benzene rings is 1. The third kappa shape index (κ3) is 18.1. The summed E-state index contributed by atoms with van der Waals surface area (Å²) in [6.45, 7) is 17.1. The van der Waals surface area contributed by atoms with Crippen molar-refractivity contribution in [1.29, 1.82) is 0 Å². The van der Waals surface area contributed by atoms with Gasteiger partial charge in [0.25, 0.3) is 0 Å². The predicted octanol–water partition coefficient (Wildman–Crippen LogP) is 5.65. The molecule has 0 aliphatic carbocycles. The van der Waals surface area contributed by atoms with Crippen molar-refractivity contribution >= 4 is 0 Å². The van der Waals surface area contributed by atoms with Gasteiger partial charge in [0.05, 0.1) is 0 Å². The van der Waals surface area contributed by atoms with Gasteiger partial charge in [0.15, 0.2) is 11.5 Å². The Morgan fingerprint density at radius 3 is 1.97 bits per heavy atom. The highest BCUT2D eigenvalue weighted by molar-refractivity contribution is 5.43. The standard InChI is InChI=1S/C16H25NO2.C3H9N.2C2H6.C2H2/c1-3-4-9-17(2)10-5-6-14-7-8-15-16(13-14)19-12-11-18-15;1-3-4-2;3*1-2/h7-8,13H,3-6,9-12H2,1-2H3;4H,3H2,1-2H3;2*1-2H3;1-2H. The molecule has 0 saturated carbocycles. The van der Waals surface area contributed by atoms with Crippen molar-refractivity contribution in [2.24, 2.45) is 0 Å². The van der Waals surface area contributed by atoms with Gasteiger partial charge in [-0.25, -0.2) is 0 Å². The second-order valence-corrected chi connectivity index (χ2v) is 5.95. The van der Waals surface area contributed by atoms with Gasteiger partial charge in [-0.3, -0.25) is 0 Å². The molecule has 1 aromatic rings. The van der Waals surface area contributed by atoms with Gasteiger partial charge in [0.1, 0.15) is 13.2 Å². The van der Waals surface area contributed by atoms with Gasteiger partial charge < -0.3 is 19.7 Å². The Balaban J connectivity index is -0.000000580. The fourth-order valence-electron chi connectivity index (χ4n) is 2.34. The number of ether oxygens (including phenoxy) is 2. The quantitative estimate of drug-likeness (QED) is 0.564. The van der Waals surface area contributed by atoms with E-state index in [9.17, 15) is 0 Å². The van der Waals surface area contributed by atoms with Crippen LogP contribution in [0.4, 0.5) is 0 Å². The van der Waals surface area contributed by atoms with E-state index in [0.717, 1.165) is 31.0 Å². The van der Waals surface area contributed by atoms with E-state index in [2.05, 4.69) is 56.1 Å². The molecule has 2 rings (SSSR count). The minimum absolute atomic E-state index is 0.661. The van der Waals surface area contributed by atoms with Crippen molar-refractivity contribution in [3.8, 4) is 24.3 Å². The number of fused-ring (bicyclic) bond motifs is 1. The summed E-state index contributed by atoms with van der Waals surface area (Å²) in [7, 11) is 4.14. The Bertz CT molecular complexity index is 459. The van der Waals surface area contributed by atoms with Crippen LogP contribution in [0.25, 0.3) is 0 Å². The number of terminal acetylenes is 1. The fraction of sp³-hybridized carbons (Fsp3) is 0.680. The van der Waals surface area contributed by atoms with Crippen molar-refractivity contribution < 1.29 is 9.47 Å². The number of nitrogens with zero attached hydrogens (tertiary/aromatic N) is 1. The second kappa shape index (κ2) is 26.3. The molecule has 0 bridgehead atoms. The van der Waals surface area contributed by atoms with Gasteiger partial charge in [-0.05, 0) is 70.7 Å². The number of rotatable bonds is 8. The molecular weight excluding hydrogens is 360 g/mol. The molecule has 0 amide bonds. The molecule has 0 aromatic heterocycles. The summed E-state index contributed by atoms with van der Waals surface area (Å²) in [5.74, 6) is 1.79. The van der Waals surface area contributed by atoms with Gasteiger partial charge in [0, 0.05) is 0 Å². The molecule has 1 N–H and O–H groups in total. The molecule has 0 fully saturated rings. The van der Waals surface area contributed by atoms with Crippen LogP contribution in [-0.2, 0) is 6.42 Å². The zero-order chi connectivity index (χ0) is 22.9. The first-order chi connectivity index (χ1) is 14.2. The molecule has 1 aliphatic rings. The summed E-state index contributed by atoms with van der Waals surface area (Å²) in [4.78, 5) is 2.42. The van der Waals surface area contributed by atoms with E-state index < -0.39 is 0 Å². The monoisotopic (exact) mass is 408 g/mol. The Morgan fingerprint density at radius 2 is 1.45 bits per heavy atom. The molecule has 4 heteroatoms. The first-order valence-corrected chi connectivity index (χ1v) is 11.3. The Kier molecular flexibility index (Phi) is 29.0. The zero-order valence-electron chi connectivity index (χ0n) is 20.5. The van der Waals surface area contributed by atoms with E-state index in [4.69, 9.17) is 9.47 Å². The highest BCUT2D eigenvalue weighted by Crippen LogP contribution is 2.31. The van der Waals surface area contributed by atoms with Crippen LogP contribution in [0.2, 0.25) is 0 Å². The van der Waals surface area contributed by atoms with Crippen molar-refractivity contribution in [3.63, 3.8) is 0 Å². The normalized spacial score (nSPS) is 10.6. The summed E-state index contributed by atoms with van der Waals surface area (Å²) in [5, 5.41) is 2.93. The largest absolute Gasteiger partial charge is 0.486 e. The summed E-state index contributed by atoms with van der Waals surface area (Å²) in [5.41, 5.74) is 1.34. The van der Waals surface area contributed by atoms with E-state index >= 15 is 0 Å². The smallest absolute Gasteiger partial charge is 0.161 e. The first kappa shape index (κ1) is 32.0. The highest BCUT2D eigenvalue weighted by atomic mass is 16.6. The first-order valence-electron chi connectivity index (χ1n) is 11.3. The van der Waals surface area contributed by atoms with Crippen LogP contribution in [0.3, 0.4) is 0 Å². The van der Waals surface area contributed by atoms with E-state index in [0.29, 0.717) is 13.2 Å². The lowest BCUT2D eigenvalue weighted by atomic mass is 10.1. The molecule has 1 aliphatic heterocycles. The van der Waals surface area contributed by atoms with Crippen molar-refractivity contribution in [3.05, 3.63) is 23.8 Å². The second-order valence-electron chi connectivity index (χ2n) is 5.95. The number of unbranched alkanes of at least 4 members (excludes halogenated alkanes) is 1. The minimum Gasteiger partial charge on any atom is -0.486 e. The van der Waals surface area contributed by atoms with E-state index in [1.807, 2.05) is 40.8 Å². The van der Waals surface area contributed by atoms with Crippen LogP contribution in [-0.4, -0.2) is 51.8 Å². The van der Waals surface area contributed by atoms with E-state index in [1.54, 1.807) is 0 Å². The summed E-state index contributed by atoms with van der Waals surface area (Å²) in [6, 6.07) is 6.31. The maximum absolute atomic E-state index is 5.61. The predicted molar refractivity (Wildman–Crippen MR) is 130 cm³/mol. The Morgan fingerprint density at radius 1 is 0.931 bits per heavy atom. The molecule has 0 saturated heterocycles. The third-order valence-electron chi connectivity index (χ3n) is 3.86. The molecule has 0 radical (unpaired) electrons. The fourth-order valence-corrected chi connectivity index (χ4v) is 2.34. The van der Waals surface area contributed by atoms with Crippen molar-refractivity contribution in [2.75, 3.05) is 46.9 Å². The molecular formula is C25H48N2O2. The van der Waals surface area contributed by atoms with Crippen molar-refractivity contribution in [2.45, 2.75) is 67.2 Å². The molecule has 0 atom stereocenters. The molecule has 170 valence electrons. The number of hydrogen-bond acceptors (Lipinski definition) is 4. The van der Waals surface area contributed by atoms with E-state index in [-0.39, 0.29) is 0 Å². The lowest BCUT2D eigenvalue weighted by molar-refractivity contribution is 0.171. The molecule has 4 nitrogen and oxygen atoms in total. The number of hydrogen-bond donors (Lipinski definition) is 1. The van der Waals surface area contributed by atoms with Gasteiger partial charge >= 0.3 is 0 Å². The summed E-state index contributed by atoms with van der Waals surface area (Å²) in [6.07, 6.45) is 12.9. The van der Waals surface area contributed by atoms with Crippen LogP contribution in [0.1, 0.15) is 66.4 Å². The van der Waals surface area contributed by atoms with Crippen LogP contribution < -0.4 is 14.8 Å². The topological polar surface area (TPSA) is 33.7 Å². The average Bonchev–Trinajstić information content (AvgIpc) is 2.81. The van der Waals surface area contributed by atoms with Crippen LogP contribution >= 0.6 is 0 Å². The molecule has 1 aromatic carbocycles. The van der Waals surface area contributed by atoms with Crippen LogP contribution in [0.5, 0.6) is 11.5 Å². The lowest BCUT2D eigenvalue weighted by Gasteiger charge is -2.19. The van der Waals surface area contributed by atoms with E-state index in [1.165, 1.54) is 31.4 Å². The Labute approximate surface area is 182 Å². The summed E-state index contributed by atoms with van der Waals surface area (Å²) < 4.78 is 11.1. The lowest BCUT2D eigenvalue weighted by Crippen LogP contribution is -2.21. The molecule has 0 unspecified atom stereocenters. The van der Waals surface area contributed by atoms with Gasteiger partial charge in [0.2, 0.25) is 0 Å². The third-order valence-corrected chi connectivity index (χ3v) is 3.86. The van der Waals surface area contributed by atoms with Crippen molar-refractivity contribution in [1.82, 2.24) is 10.2 Å². The SMILES string of the molecule is C#C.CC.CC.CCCCN(C)CCCc1ccc2c(c1)OCCO2.CCNC. The zero-order valence-corrected chi connectivity index (χ0v) is 20.5. The Hall–Kier alpha value is -1.70. The molecule has 0 spiro atoms. The minimum atomic E-state index is 0.661. The summed E-state index contributed by atoms with van der Waals surface area (Å²) >= 11 is 0. The molecule has 29 heavy (non-hydrogen) atoms. The maximum atomic E-state index is 5.61. The van der Waals surface area contributed by atoms with Gasteiger partial charge in [-0.1, -0.05) is 54.0 Å². The molecule has 1 heterocycles. The van der Waals surface area contributed by atoms with Crippen LogP contribution in [0.15, 0.2) is 18.2 Å².